The fourth-order valence-electron chi connectivity index (χ4n) is 3.34. The Kier molecular flexibility index (Phi) is 7.69. The van der Waals surface area contributed by atoms with Crippen molar-refractivity contribution in [1.29, 1.82) is 0 Å². The number of aryl methyl sites for hydroxylation is 3. The first-order valence-electron chi connectivity index (χ1n) is 10.6. The highest BCUT2D eigenvalue weighted by Gasteiger charge is 2.20. The predicted molar refractivity (Wildman–Crippen MR) is 128 cm³/mol. The Labute approximate surface area is 193 Å². The van der Waals surface area contributed by atoms with Crippen molar-refractivity contribution in [2.75, 3.05) is 11.1 Å². The van der Waals surface area contributed by atoms with E-state index in [0.29, 0.717) is 23.1 Å². The van der Waals surface area contributed by atoms with Crippen molar-refractivity contribution in [3.05, 3.63) is 70.5 Å². The molecule has 0 aliphatic heterocycles. The molecule has 0 radical (unpaired) electrons. The third-order valence-electron chi connectivity index (χ3n) is 5.08. The molecule has 2 aromatic carbocycles. The van der Waals surface area contributed by atoms with Gasteiger partial charge < -0.3 is 15.2 Å². The van der Waals surface area contributed by atoms with Crippen LogP contribution in [0.4, 0.5) is 5.69 Å². The van der Waals surface area contributed by atoms with E-state index in [2.05, 4.69) is 20.8 Å². The number of benzene rings is 2. The summed E-state index contributed by atoms with van der Waals surface area (Å²) in [4.78, 5) is 25.1. The van der Waals surface area contributed by atoms with E-state index in [0.717, 1.165) is 22.4 Å². The molecule has 0 aliphatic rings. The Bertz CT molecular complexity index is 1130. The Balaban J connectivity index is 1.64. The van der Waals surface area contributed by atoms with Gasteiger partial charge >= 0.3 is 0 Å². The molecule has 2 N–H and O–H groups in total. The Morgan fingerprint density at radius 3 is 2.53 bits per heavy atom. The minimum absolute atomic E-state index is 0.100. The number of nitrogens with zero attached hydrogens (tertiary/aromatic N) is 3. The summed E-state index contributed by atoms with van der Waals surface area (Å²) in [6.07, 6.45) is 0. The number of carbonyl (C=O) groups excluding carboxylic acids is 2. The number of anilines is 1. The zero-order valence-electron chi connectivity index (χ0n) is 19.1. The van der Waals surface area contributed by atoms with Gasteiger partial charge in [0.25, 0.3) is 5.91 Å². The lowest BCUT2D eigenvalue weighted by Crippen LogP contribution is -2.28. The van der Waals surface area contributed by atoms with Crippen molar-refractivity contribution < 1.29 is 9.59 Å². The summed E-state index contributed by atoms with van der Waals surface area (Å²) in [6.45, 7) is 10.4. The van der Waals surface area contributed by atoms with E-state index in [-0.39, 0.29) is 23.6 Å². The molecule has 0 saturated carbocycles. The number of carbonyl (C=O) groups is 2. The second kappa shape index (κ2) is 10.5. The van der Waals surface area contributed by atoms with Crippen LogP contribution in [-0.4, -0.2) is 32.3 Å². The van der Waals surface area contributed by atoms with E-state index in [1.54, 1.807) is 6.07 Å². The molecule has 0 aliphatic carbocycles. The van der Waals surface area contributed by atoms with Gasteiger partial charge in [-0.15, -0.1) is 10.2 Å². The van der Waals surface area contributed by atoms with E-state index in [1.807, 2.05) is 75.6 Å². The second-order valence-corrected chi connectivity index (χ2v) is 8.75. The molecule has 0 bridgehead atoms. The topological polar surface area (TPSA) is 88.9 Å². The molecule has 1 aromatic heterocycles. The first-order valence-corrected chi connectivity index (χ1v) is 11.6. The maximum absolute atomic E-state index is 12.6. The molecular formula is C24H29N5O2S. The van der Waals surface area contributed by atoms with E-state index in [4.69, 9.17) is 0 Å². The summed E-state index contributed by atoms with van der Waals surface area (Å²) in [5, 5.41) is 15.1. The highest BCUT2D eigenvalue weighted by Crippen LogP contribution is 2.22. The normalized spacial score (nSPS) is 11.8. The fraction of sp³-hybridized carbons (Fsp3) is 0.333. The van der Waals surface area contributed by atoms with Gasteiger partial charge in [-0.2, -0.15) is 0 Å². The van der Waals surface area contributed by atoms with Crippen LogP contribution in [-0.2, 0) is 11.3 Å². The molecule has 3 rings (SSSR count). The van der Waals surface area contributed by atoms with Gasteiger partial charge in [0.05, 0.1) is 11.8 Å². The molecular weight excluding hydrogens is 422 g/mol. The third kappa shape index (κ3) is 5.76. The molecule has 1 atom stereocenters. The molecule has 7 nitrogen and oxygen atoms in total. The van der Waals surface area contributed by atoms with Crippen LogP contribution in [0.3, 0.4) is 0 Å². The van der Waals surface area contributed by atoms with Gasteiger partial charge in [0.2, 0.25) is 5.91 Å². The predicted octanol–water partition coefficient (Wildman–Crippen LogP) is 4.45. The average Bonchev–Trinajstić information content (AvgIpc) is 3.18. The molecule has 0 spiro atoms. The van der Waals surface area contributed by atoms with Crippen molar-refractivity contribution >= 4 is 29.3 Å². The smallest absolute Gasteiger partial charge is 0.251 e. The van der Waals surface area contributed by atoms with E-state index >= 15 is 0 Å². The van der Waals surface area contributed by atoms with Crippen LogP contribution in [0.15, 0.2) is 47.6 Å². The maximum Gasteiger partial charge on any atom is 0.251 e. The maximum atomic E-state index is 12.6. The van der Waals surface area contributed by atoms with Crippen LogP contribution in [0.25, 0.3) is 0 Å². The Morgan fingerprint density at radius 2 is 1.81 bits per heavy atom. The van der Waals surface area contributed by atoms with Gasteiger partial charge in [0.1, 0.15) is 0 Å². The number of aromatic nitrogens is 3. The second-order valence-electron chi connectivity index (χ2n) is 7.80. The van der Waals surface area contributed by atoms with Gasteiger partial charge in [-0.3, -0.25) is 9.59 Å². The van der Waals surface area contributed by atoms with Gasteiger partial charge in [0, 0.05) is 17.8 Å². The number of nitrogens with one attached hydrogen (secondary N) is 2. The summed E-state index contributed by atoms with van der Waals surface area (Å²) >= 11 is 1.33. The standard InChI is InChI=1S/C24H29N5O2S/c1-6-29-22(18(5)25-23(31)19-9-7-8-15(2)12-19)27-28-24(29)32-14-21(30)26-20-13-16(3)10-11-17(20)4/h7-13,18H,6,14H2,1-5H3,(H,25,31)(H,26,30)/t18-/m0/s1. The van der Waals surface area contributed by atoms with Crippen molar-refractivity contribution in [3.63, 3.8) is 0 Å². The van der Waals surface area contributed by atoms with Crippen molar-refractivity contribution in [2.24, 2.45) is 0 Å². The average molecular weight is 452 g/mol. The van der Waals surface area contributed by atoms with Crippen LogP contribution in [0.5, 0.6) is 0 Å². The minimum atomic E-state index is -0.325. The summed E-state index contributed by atoms with van der Waals surface area (Å²) in [7, 11) is 0. The molecule has 32 heavy (non-hydrogen) atoms. The van der Waals surface area contributed by atoms with E-state index < -0.39 is 0 Å². The molecule has 0 saturated heterocycles. The van der Waals surface area contributed by atoms with Crippen molar-refractivity contribution in [2.45, 2.75) is 52.4 Å². The monoisotopic (exact) mass is 451 g/mol. The number of hydrogen-bond acceptors (Lipinski definition) is 5. The first kappa shape index (κ1) is 23.5. The van der Waals surface area contributed by atoms with Crippen molar-refractivity contribution in [3.8, 4) is 0 Å². The van der Waals surface area contributed by atoms with Crippen molar-refractivity contribution in [1.82, 2.24) is 20.1 Å². The van der Waals surface area contributed by atoms with E-state index in [9.17, 15) is 9.59 Å². The molecule has 168 valence electrons. The van der Waals surface area contributed by atoms with Crippen LogP contribution >= 0.6 is 11.8 Å². The van der Waals surface area contributed by atoms with E-state index in [1.165, 1.54) is 11.8 Å². The SMILES string of the molecule is CCn1c(SCC(=O)Nc2cc(C)ccc2C)nnc1[C@H](C)NC(=O)c1cccc(C)c1. The molecule has 2 amide bonds. The number of hydrogen-bond donors (Lipinski definition) is 2. The number of thioether (sulfide) groups is 1. The lowest BCUT2D eigenvalue weighted by atomic mass is 10.1. The highest BCUT2D eigenvalue weighted by molar-refractivity contribution is 7.99. The van der Waals surface area contributed by atoms with Gasteiger partial charge in [0.15, 0.2) is 11.0 Å². The summed E-state index contributed by atoms with van der Waals surface area (Å²) in [6, 6.07) is 13.1. The fourth-order valence-corrected chi connectivity index (χ4v) is 4.15. The first-order chi connectivity index (χ1) is 15.3. The summed E-state index contributed by atoms with van der Waals surface area (Å²) in [5.74, 6) is 0.617. The lowest BCUT2D eigenvalue weighted by molar-refractivity contribution is -0.113. The molecule has 1 heterocycles. The van der Waals surface area contributed by atoms with Gasteiger partial charge in [-0.05, 0) is 63.9 Å². The van der Waals surface area contributed by atoms with Crippen LogP contribution in [0.2, 0.25) is 0 Å². The number of rotatable bonds is 8. The number of amides is 2. The Morgan fingerprint density at radius 1 is 1.06 bits per heavy atom. The highest BCUT2D eigenvalue weighted by atomic mass is 32.2. The largest absolute Gasteiger partial charge is 0.342 e. The van der Waals surface area contributed by atoms with Gasteiger partial charge in [-0.1, -0.05) is 41.6 Å². The Hall–Kier alpha value is -3.13. The molecule has 0 fully saturated rings. The zero-order chi connectivity index (χ0) is 23.3. The van der Waals surface area contributed by atoms with Crippen LogP contribution in [0.1, 0.15) is 52.8 Å². The molecule has 0 unspecified atom stereocenters. The summed E-state index contributed by atoms with van der Waals surface area (Å²) in [5.41, 5.74) is 4.57. The van der Waals surface area contributed by atoms with Crippen LogP contribution in [0, 0.1) is 20.8 Å². The van der Waals surface area contributed by atoms with Crippen LogP contribution < -0.4 is 10.6 Å². The van der Waals surface area contributed by atoms with Gasteiger partial charge in [-0.25, -0.2) is 0 Å². The quantitative estimate of drug-likeness (QED) is 0.494. The third-order valence-corrected chi connectivity index (χ3v) is 6.04. The summed E-state index contributed by atoms with van der Waals surface area (Å²) < 4.78 is 1.93. The lowest BCUT2D eigenvalue weighted by Gasteiger charge is -2.15. The molecule has 3 aromatic rings. The minimum Gasteiger partial charge on any atom is -0.342 e. The zero-order valence-corrected chi connectivity index (χ0v) is 19.9. The molecule has 8 heteroatoms.